The minimum Gasteiger partial charge on any atom is -0.469 e. The summed E-state index contributed by atoms with van der Waals surface area (Å²) in [5.74, 6) is 0.478. The number of rotatable bonds is 15. The molecule has 0 aliphatic heterocycles. The van der Waals surface area contributed by atoms with Crippen LogP contribution in [-0.2, 0) is 19.1 Å². The lowest BCUT2D eigenvalue weighted by Crippen LogP contribution is -2.06. The van der Waals surface area contributed by atoms with Gasteiger partial charge in [0.05, 0.1) is 14.2 Å². The normalized spacial score (nSPS) is 12.0. The molecule has 0 amide bonds. The largest absolute Gasteiger partial charge is 0.469 e. The fourth-order valence-electron chi connectivity index (χ4n) is 2.84. The van der Waals surface area contributed by atoms with Gasteiger partial charge in [-0.25, -0.2) is 0 Å². The molecule has 0 fully saturated rings. The molecule has 0 saturated carbocycles. The molecule has 0 rings (SSSR count). The van der Waals surface area contributed by atoms with Crippen molar-refractivity contribution in [3.05, 3.63) is 0 Å². The molecule has 4 nitrogen and oxygen atoms in total. The molecule has 0 aromatic carbocycles. The fraction of sp³-hybridized carbons (Fsp3) is 0.895. The van der Waals surface area contributed by atoms with E-state index in [9.17, 15) is 9.59 Å². The second-order valence-corrected chi connectivity index (χ2v) is 6.33. The molecule has 0 aromatic heterocycles. The van der Waals surface area contributed by atoms with Crippen LogP contribution in [0.5, 0.6) is 0 Å². The number of hydrogen-bond donors (Lipinski definition) is 0. The Balaban J connectivity index is 3.36. The molecule has 1 atom stereocenters. The predicted molar refractivity (Wildman–Crippen MR) is 93.2 cm³/mol. The van der Waals surface area contributed by atoms with Crippen LogP contribution in [0.15, 0.2) is 0 Å². The highest BCUT2D eigenvalue weighted by Crippen LogP contribution is 2.20. The van der Waals surface area contributed by atoms with Crippen molar-refractivity contribution in [1.29, 1.82) is 0 Å². The number of esters is 2. The standard InChI is InChI=1S/C19H36O4/c1-4-17(15-16-19(21)23-3)13-11-9-7-5-6-8-10-12-14-18(20)22-2/h17H,4-16H2,1-3H3. The van der Waals surface area contributed by atoms with Crippen LogP contribution >= 0.6 is 0 Å². The number of carbonyl (C=O) groups is 2. The van der Waals surface area contributed by atoms with Gasteiger partial charge in [-0.2, -0.15) is 0 Å². The molecule has 0 aliphatic carbocycles. The van der Waals surface area contributed by atoms with Crippen molar-refractivity contribution in [3.8, 4) is 0 Å². The molecule has 4 heteroatoms. The molecule has 136 valence electrons. The van der Waals surface area contributed by atoms with E-state index in [0.717, 1.165) is 25.7 Å². The maximum absolute atomic E-state index is 11.2. The van der Waals surface area contributed by atoms with E-state index in [0.29, 0.717) is 18.8 Å². The maximum atomic E-state index is 11.2. The molecular weight excluding hydrogens is 292 g/mol. The summed E-state index contributed by atoms with van der Waals surface area (Å²) in [5, 5.41) is 0. The summed E-state index contributed by atoms with van der Waals surface area (Å²) in [6.45, 7) is 2.20. The minimum absolute atomic E-state index is 0.0874. The molecule has 0 saturated heterocycles. The first kappa shape index (κ1) is 21.9. The smallest absolute Gasteiger partial charge is 0.305 e. The molecular formula is C19H36O4. The molecule has 0 N–H and O–H groups in total. The summed E-state index contributed by atoms with van der Waals surface area (Å²) in [5.41, 5.74) is 0. The fourth-order valence-corrected chi connectivity index (χ4v) is 2.84. The summed E-state index contributed by atoms with van der Waals surface area (Å²) in [6.07, 6.45) is 14.1. The van der Waals surface area contributed by atoms with Crippen molar-refractivity contribution in [3.63, 3.8) is 0 Å². The van der Waals surface area contributed by atoms with Gasteiger partial charge in [0.25, 0.3) is 0 Å². The van der Waals surface area contributed by atoms with E-state index in [-0.39, 0.29) is 11.9 Å². The summed E-state index contributed by atoms with van der Waals surface area (Å²) < 4.78 is 9.32. The van der Waals surface area contributed by atoms with Gasteiger partial charge in [0.1, 0.15) is 0 Å². The van der Waals surface area contributed by atoms with Crippen LogP contribution in [-0.4, -0.2) is 26.2 Å². The van der Waals surface area contributed by atoms with Crippen LogP contribution in [0.1, 0.15) is 90.4 Å². The quantitative estimate of drug-likeness (QED) is 0.312. The zero-order chi connectivity index (χ0) is 17.3. The topological polar surface area (TPSA) is 52.6 Å². The number of methoxy groups -OCH3 is 2. The molecule has 0 heterocycles. The van der Waals surface area contributed by atoms with Crippen molar-refractivity contribution >= 4 is 11.9 Å². The Hall–Kier alpha value is -1.06. The summed E-state index contributed by atoms with van der Waals surface area (Å²) in [4.78, 5) is 22.1. The zero-order valence-electron chi connectivity index (χ0n) is 15.4. The van der Waals surface area contributed by atoms with Gasteiger partial charge in [-0.1, -0.05) is 64.7 Å². The van der Waals surface area contributed by atoms with Crippen LogP contribution in [0.2, 0.25) is 0 Å². The zero-order valence-corrected chi connectivity index (χ0v) is 15.4. The Kier molecular flexibility index (Phi) is 15.1. The monoisotopic (exact) mass is 328 g/mol. The molecule has 0 radical (unpaired) electrons. The van der Waals surface area contributed by atoms with Crippen molar-refractivity contribution in [2.75, 3.05) is 14.2 Å². The van der Waals surface area contributed by atoms with E-state index in [4.69, 9.17) is 4.74 Å². The van der Waals surface area contributed by atoms with E-state index < -0.39 is 0 Å². The Morgan fingerprint density at radius 3 is 1.70 bits per heavy atom. The lowest BCUT2D eigenvalue weighted by Gasteiger charge is -2.13. The third-order valence-electron chi connectivity index (χ3n) is 4.53. The molecule has 0 bridgehead atoms. The highest BCUT2D eigenvalue weighted by atomic mass is 16.5. The van der Waals surface area contributed by atoms with Crippen molar-refractivity contribution < 1.29 is 19.1 Å². The van der Waals surface area contributed by atoms with E-state index >= 15 is 0 Å². The molecule has 0 aromatic rings. The van der Waals surface area contributed by atoms with Crippen LogP contribution in [0.4, 0.5) is 0 Å². The van der Waals surface area contributed by atoms with Gasteiger partial charge < -0.3 is 9.47 Å². The van der Waals surface area contributed by atoms with E-state index in [1.54, 1.807) is 0 Å². The van der Waals surface area contributed by atoms with Crippen LogP contribution in [0, 0.1) is 5.92 Å². The van der Waals surface area contributed by atoms with Crippen LogP contribution in [0.3, 0.4) is 0 Å². The van der Waals surface area contributed by atoms with Gasteiger partial charge >= 0.3 is 11.9 Å². The molecule has 0 spiro atoms. The number of ether oxygens (including phenoxy) is 2. The van der Waals surface area contributed by atoms with Gasteiger partial charge in [0, 0.05) is 12.8 Å². The van der Waals surface area contributed by atoms with Gasteiger partial charge in [-0.05, 0) is 18.8 Å². The molecule has 23 heavy (non-hydrogen) atoms. The van der Waals surface area contributed by atoms with Crippen LogP contribution in [0.25, 0.3) is 0 Å². The average Bonchev–Trinajstić information content (AvgIpc) is 2.58. The van der Waals surface area contributed by atoms with Crippen molar-refractivity contribution in [2.24, 2.45) is 5.92 Å². The third-order valence-corrected chi connectivity index (χ3v) is 4.53. The first-order valence-electron chi connectivity index (χ1n) is 9.27. The van der Waals surface area contributed by atoms with Crippen LogP contribution < -0.4 is 0 Å². The first-order chi connectivity index (χ1) is 11.1. The second kappa shape index (κ2) is 15.8. The van der Waals surface area contributed by atoms with Gasteiger partial charge in [0.15, 0.2) is 0 Å². The van der Waals surface area contributed by atoms with E-state index in [2.05, 4.69) is 11.7 Å². The summed E-state index contributed by atoms with van der Waals surface area (Å²) in [7, 11) is 2.90. The van der Waals surface area contributed by atoms with Gasteiger partial charge in [-0.3, -0.25) is 9.59 Å². The Bertz CT molecular complexity index is 302. The molecule has 1 unspecified atom stereocenters. The lowest BCUT2D eigenvalue weighted by atomic mass is 9.93. The Morgan fingerprint density at radius 2 is 1.17 bits per heavy atom. The van der Waals surface area contributed by atoms with Gasteiger partial charge in [0.2, 0.25) is 0 Å². The summed E-state index contributed by atoms with van der Waals surface area (Å²) in [6, 6.07) is 0. The highest BCUT2D eigenvalue weighted by molar-refractivity contribution is 5.69. The lowest BCUT2D eigenvalue weighted by molar-refractivity contribution is -0.141. The average molecular weight is 328 g/mol. The highest BCUT2D eigenvalue weighted by Gasteiger charge is 2.09. The number of unbranched alkanes of at least 4 members (excludes halogenated alkanes) is 7. The number of hydrogen-bond acceptors (Lipinski definition) is 4. The maximum Gasteiger partial charge on any atom is 0.305 e. The summed E-state index contributed by atoms with van der Waals surface area (Å²) >= 11 is 0. The minimum atomic E-state index is -0.0947. The van der Waals surface area contributed by atoms with E-state index in [1.807, 2.05) is 0 Å². The number of carbonyl (C=O) groups excluding carboxylic acids is 2. The SMILES string of the molecule is CCC(CCCCCCCCCCC(=O)OC)CCC(=O)OC. The Morgan fingerprint density at radius 1 is 0.696 bits per heavy atom. The first-order valence-corrected chi connectivity index (χ1v) is 9.27. The van der Waals surface area contributed by atoms with Crippen molar-refractivity contribution in [1.82, 2.24) is 0 Å². The predicted octanol–water partition coefficient (Wildman–Crippen LogP) is 5.04. The van der Waals surface area contributed by atoms with Gasteiger partial charge in [-0.15, -0.1) is 0 Å². The third kappa shape index (κ3) is 14.3. The van der Waals surface area contributed by atoms with Crippen molar-refractivity contribution in [2.45, 2.75) is 90.4 Å². The Labute approximate surface area is 142 Å². The molecule has 0 aliphatic rings. The van der Waals surface area contributed by atoms with E-state index in [1.165, 1.54) is 59.2 Å². The second-order valence-electron chi connectivity index (χ2n) is 6.33.